The molecule has 2 aromatic carbocycles. The topological polar surface area (TPSA) is 18.5 Å². The molecule has 1 heterocycles. The maximum absolute atomic E-state index is 5.70. The number of hydrogen-bond donors (Lipinski definition) is 0. The molecule has 2 nitrogen and oxygen atoms in total. The van der Waals surface area contributed by atoms with Crippen molar-refractivity contribution in [2.24, 2.45) is 0 Å². The number of rotatable bonds is 1. The van der Waals surface area contributed by atoms with Crippen LogP contribution < -0.4 is 9.47 Å². The molecule has 1 aliphatic rings. The Bertz CT molecular complexity index is 529. The normalized spacial score (nSPS) is 13.1. The molecule has 16 heavy (non-hydrogen) atoms. The standard InChI is InChI=1S/C14H9O2/c1-2-6-11(7-3-1)14-10-15-12-8-4-5-9-13(12)16-14/h1-9H. The highest BCUT2D eigenvalue weighted by Gasteiger charge is 2.15. The van der Waals surface area contributed by atoms with E-state index in [1.54, 1.807) is 0 Å². The van der Waals surface area contributed by atoms with Gasteiger partial charge in [-0.2, -0.15) is 0 Å². The molecule has 0 unspecified atom stereocenters. The van der Waals surface area contributed by atoms with Crippen LogP contribution in [0.25, 0.3) is 5.76 Å². The third kappa shape index (κ3) is 1.54. The minimum absolute atomic E-state index is 0.610. The van der Waals surface area contributed by atoms with Crippen LogP contribution in [0, 0.1) is 6.26 Å². The largest absolute Gasteiger partial charge is 0.449 e. The lowest BCUT2D eigenvalue weighted by Crippen LogP contribution is -2.04. The van der Waals surface area contributed by atoms with Crippen molar-refractivity contribution in [3.63, 3.8) is 0 Å². The first-order chi connectivity index (χ1) is 7.93. The summed E-state index contributed by atoms with van der Waals surface area (Å²) in [5, 5.41) is 0. The molecule has 0 atom stereocenters. The van der Waals surface area contributed by atoms with Crippen LogP contribution in [0.3, 0.4) is 0 Å². The van der Waals surface area contributed by atoms with E-state index in [0.717, 1.165) is 11.3 Å². The summed E-state index contributed by atoms with van der Waals surface area (Å²) >= 11 is 0. The summed E-state index contributed by atoms with van der Waals surface area (Å²) in [6, 6.07) is 17.3. The van der Waals surface area contributed by atoms with Crippen LogP contribution in [0.15, 0.2) is 54.6 Å². The molecule has 1 aliphatic heterocycles. The van der Waals surface area contributed by atoms with E-state index in [4.69, 9.17) is 9.47 Å². The number of para-hydroxylation sites is 2. The van der Waals surface area contributed by atoms with Gasteiger partial charge in [0.1, 0.15) is 0 Å². The molecule has 0 saturated heterocycles. The molecule has 0 amide bonds. The van der Waals surface area contributed by atoms with Crippen LogP contribution in [0.4, 0.5) is 0 Å². The number of fused-ring (bicyclic) bond motifs is 1. The first-order valence-electron chi connectivity index (χ1n) is 5.05. The molecule has 0 saturated carbocycles. The Labute approximate surface area is 93.8 Å². The zero-order valence-corrected chi connectivity index (χ0v) is 8.51. The second kappa shape index (κ2) is 3.74. The number of hydrogen-bond acceptors (Lipinski definition) is 2. The van der Waals surface area contributed by atoms with Crippen LogP contribution in [0.5, 0.6) is 11.5 Å². The molecule has 0 bridgehead atoms. The SMILES string of the molecule is [C]1=C(c2ccccc2)Oc2ccccc2O1. The minimum Gasteiger partial charge on any atom is -0.449 e. The summed E-state index contributed by atoms with van der Waals surface area (Å²) in [5.41, 5.74) is 0.956. The maximum Gasteiger partial charge on any atom is 0.217 e. The van der Waals surface area contributed by atoms with Crippen LogP contribution in [0.2, 0.25) is 0 Å². The molecule has 0 aliphatic carbocycles. The van der Waals surface area contributed by atoms with E-state index in [9.17, 15) is 0 Å². The number of benzene rings is 2. The molecule has 3 rings (SSSR count). The quantitative estimate of drug-likeness (QED) is 0.717. The highest BCUT2D eigenvalue weighted by atomic mass is 16.6. The zero-order chi connectivity index (χ0) is 10.8. The fraction of sp³-hybridized carbons (Fsp3) is 0. The lowest BCUT2D eigenvalue weighted by atomic mass is 10.2. The highest BCUT2D eigenvalue weighted by Crippen LogP contribution is 2.34. The van der Waals surface area contributed by atoms with Gasteiger partial charge in [0, 0.05) is 5.56 Å². The Kier molecular flexibility index (Phi) is 2.11. The number of ether oxygens (including phenoxy) is 2. The van der Waals surface area contributed by atoms with E-state index in [-0.39, 0.29) is 0 Å². The van der Waals surface area contributed by atoms with Gasteiger partial charge in [-0.1, -0.05) is 42.5 Å². The Morgan fingerprint density at radius 2 is 1.44 bits per heavy atom. The van der Waals surface area contributed by atoms with Crippen LogP contribution in [0.1, 0.15) is 5.56 Å². The van der Waals surface area contributed by atoms with Gasteiger partial charge >= 0.3 is 0 Å². The molecular weight excluding hydrogens is 200 g/mol. The Morgan fingerprint density at radius 3 is 2.25 bits per heavy atom. The molecule has 0 spiro atoms. The van der Waals surface area contributed by atoms with E-state index >= 15 is 0 Å². The monoisotopic (exact) mass is 209 g/mol. The average molecular weight is 209 g/mol. The highest BCUT2D eigenvalue weighted by molar-refractivity contribution is 5.62. The lowest BCUT2D eigenvalue weighted by molar-refractivity contribution is 0.364. The minimum atomic E-state index is 0.610. The fourth-order valence-electron chi connectivity index (χ4n) is 1.56. The Balaban J connectivity index is 1.95. The Morgan fingerprint density at radius 1 is 0.750 bits per heavy atom. The first-order valence-corrected chi connectivity index (χ1v) is 5.05. The van der Waals surface area contributed by atoms with Crippen molar-refractivity contribution < 1.29 is 9.47 Å². The third-order valence-corrected chi connectivity index (χ3v) is 2.35. The maximum atomic E-state index is 5.70. The summed E-state index contributed by atoms with van der Waals surface area (Å²) in [6.45, 7) is 0. The molecule has 0 N–H and O–H groups in total. The molecule has 0 aromatic heterocycles. The van der Waals surface area contributed by atoms with Gasteiger partial charge < -0.3 is 9.47 Å². The van der Waals surface area contributed by atoms with E-state index in [1.807, 2.05) is 54.6 Å². The van der Waals surface area contributed by atoms with Crippen molar-refractivity contribution in [2.75, 3.05) is 0 Å². The molecule has 2 aromatic rings. The average Bonchev–Trinajstić information content (AvgIpc) is 2.39. The van der Waals surface area contributed by atoms with Crippen LogP contribution in [-0.2, 0) is 0 Å². The van der Waals surface area contributed by atoms with Crippen molar-refractivity contribution in [2.45, 2.75) is 0 Å². The Hall–Kier alpha value is -2.22. The first kappa shape index (κ1) is 9.04. The molecule has 1 radical (unpaired) electrons. The summed E-state index contributed by atoms with van der Waals surface area (Å²) in [6.07, 6.45) is 2.79. The predicted octanol–water partition coefficient (Wildman–Crippen LogP) is 3.26. The van der Waals surface area contributed by atoms with Crippen molar-refractivity contribution in [3.05, 3.63) is 66.4 Å². The second-order valence-electron chi connectivity index (χ2n) is 3.45. The van der Waals surface area contributed by atoms with Gasteiger partial charge in [-0.25, -0.2) is 0 Å². The summed E-state index contributed by atoms with van der Waals surface area (Å²) in [5.74, 6) is 2.03. The predicted molar refractivity (Wildman–Crippen MR) is 60.8 cm³/mol. The van der Waals surface area contributed by atoms with Crippen molar-refractivity contribution in [1.82, 2.24) is 0 Å². The van der Waals surface area contributed by atoms with E-state index < -0.39 is 0 Å². The van der Waals surface area contributed by atoms with E-state index in [2.05, 4.69) is 6.26 Å². The molecular formula is C14H9O2. The lowest BCUT2D eigenvalue weighted by Gasteiger charge is -2.16. The van der Waals surface area contributed by atoms with Gasteiger partial charge in [-0.3, -0.25) is 0 Å². The molecule has 77 valence electrons. The van der Waals surface area contributed by atoms with Gasteiger partial charge in [0.25, 0.3) is 0 Å². The molecule has 0 fully saturated rings. The summed E-state index contributed by atoms with van der Waals surface area (Å²) < 4.78 is 11.1. The van der Waals surface area contributed by atoms with Gasteiger partial charge in [-0.15, -0.1) is 0 Å². The van der Waals surface area contributed by atoms with E-state index in [0.29, 0.717) is 11.5 Å². The van der Waals surface area contributed by atoms with Crippen LogP contribution in [-0.4, -0.2) is 0 Å². The smallest absolute Gasteiger partial charge is 0.217 e. The van der Waals surface area contributed by atoms with Gasteiger partial charge in [0.2, 0.25) is 6.26 Å². The van der Waals surface area contributed by atoms with Crippen molar-refractivity contribution in [1.29, 1.82) is 0 Å². The zero-order valence-electron chi connectivity index (χ0n) is 8.51. The van der Waals surface area contributed by atoms with Crippen molar-refractivity contribution >= 4 is 5.76 Å². The van der Waals surface area contributed by atoms with Crippen LogP contribution >= 0.6 is 0 Å². The summed E-state index contributed by atoms with van der Waals surface area (Å²) in [4.78, 5) is 0. The van der Waals surface area contributed by atoms with Crippen molar-refractivity contribution in [3.8, 4) is 11.5 Å². The summed E-state index contributed by atoms with van der Waals surface area (Å²) in [7, 11) is 0. The van der Waals surface area contributed by atoms with Gasteiger partial charge in [-0.05, 0) is 12.1 Å². The second-order valence-corrected chi connectivity index (χ2v) is 3.45. The third-order valence-electron chi connectivity index (χ3n) is 2.35. The van der Waals surface area contributed by atoms with E-state index in [1.165, 1.54) is 0 Å². The van der Waals surface area contributed by atoms with Gasteiger partial charge in [0.15, 0.2) is 17.3 Å². The fourth-order valence-corrected chi connectivity index (χ4v) is 1.56. The van der Waals surface area contributed by atoms with Gasteiger partial charge in [0.05, 0.1) is 0 Å². The molecule has 2 heteroatoms.